The summed E-state index contributed by atoms with van der Waals surface area (Å²) in [6.07, 6.45) is 5.07. The smallest absolute Gasteiger partial charge is 0.330 e. The van der Waals surface area contributed by atoms with E-state index in [1.165, 1.54) is 13.2 Å². The maximum Gasteiger partial charge on any atom is 0.330 e. The highest BCUT2D eigenvalue weighted by atomic mass is 16.5. The molecule has 2 rings (SSSR count). The zero-order chi connectivity index (χ0) is 17.5. The molecule has 0 atom stereocenters. The molecule has 0 fully saturated rings. The van der Waals surface area contributed by atoms with Gasteiger partial charge in [0.25, 0.3) is 5.91 Å². The lowest BCUT2D eigenvalue weighted by molar-refractivity contribution is -0.134. The van der Waals surface area contributed by atoms with Gasteiger partial charge in [-0.2, -0.15) is 5.10 Å². The number of amides is 1. The number of rotatable bonds is 6. The predicted octanol–water partition coefficient (Wildman–Crippen LogP) is 2.20. The molecule has 0 radical (unpaired) electrons. The van der Waals surface area contributed by atoms with Gasteiger partial charge in [-0.25, -0.2) is 9.48 Å². The van der Waals surface area contributed by atoms with Gasteiger partial charge in [0.05, 0.1) is 30.3 Å². The van der Waals surface area contributed by atoms with E-state index in [0.717, 1.165) is 16.9 Å². The highest BCUT2D eigenvalue weighted by Crippen LogP contribution is 2.18. The third-order valence-corrected chi connectivity index (χ3v) is 3.63. The average Bonchev–Trinajstić information content (AvgIpc) is 3.02. The monoisotopic (exact) mass is 327 g/mol. The van der Waals surface area contributed by atoms with Crippen molar-refractivity contribution in [3.8, 4) is 5.69 Å². The van der Waals surface area contributed by atoms with E-state index in [9.17, 15) is 9.59 Å². The Morgan fingerprint density at radius 3 is 2.75 bits per heavy atom. The van der Waals surface area contributed by atoms with Crippen LogP contribution in [-0.4, -0.2) is 35.3 Å². The van der Waals surface area contributed by atoms with Crippen LogP contribution in [0, 0.1) is 6.92 Å². The summed E-state index contributed by atoms with van der Waals surface area (Å²) in [7, 11) is 1.30. The van der Waals surface area contributed by atoms with Crippen LogP contribution in [0.4, 0.5) is 0 Å². The number of para-hydroxylation sites is 1. The van der Waals surface area contributed by atoms with Gasteiger partial charge in [-0.1, -0.05) is 31.2 Å². The SMILES string of the molecule is CCc1c(C(=O)NC/C=C/C(=O)OC)cnn1-c1ccccc1C. The number of benzene rings is 1. The summed E-state index contributed by atoms with van der Waals surface area (Å²) in [4.78, 5) is 23.3. The zero-order valence-corrected chi connectivity index (χ0v) is 14.1. The molecule has 1 aromatic heterocycles. The van der Waals surface area contributed by atoms with Crippen LogP contribution in [0.15, 0.2) is 42.6 Å². The van der Waals surface area contributed by atoms with Crippen molar-refractivity contribution in [2.45, 2.75) is 20.3 Å². The lowest BCUT2D eigenvalue weighted by atomic mass is 10.1. The number of aryl methyl sites for hydroxylation is 1. The maximum absolute atomic E-state index is 12.4. The number of nitrogens with one attached hydrogen (secondary N) is 1. The van der Waals surface area contributed by atoms with E-state index in [0.29, 0.717) is 12.0 Å². The first-order valence-corrected chi connectivity index (χ1v) is 7.74. The molecule has 0 bridgehead atoms. The van der Waals surface area contributed by atoms with E-state index in [1.807, 2.05) is 38.1 Å². The highest BCUT2D eigenvalue weighted by molar-refractivity contribution is 5.95. The van der Waals surface area contributed by atoms with Crippen molar-refractivity contribution < 1.29 is 14.3 Å². The molecule has 24 heavy (non-hydrogen) atoms. The molecular formula is C18H21N3O3. The van der Waals surface area contributed by atoms with E-state index in [2.05, 4.69) is 15.2 Å². The molecule has 126 valence electrons. The van der Waals surface area contributed by atoms with Crippen molar-refractivity contribution in [2.75, 3.05) is 13.7 Å². The Balaban J connectivity index is 2.17. The molecule has 1 heterocycles. The van der Waals surface area contributed by atoms with Crippen LogP contribution in [0.1, 0.15) is 28.5 Å². The summed E-state index contributed by atoms with van der Waals surface area (Å²) in [5.41, 5.74) is 3.42. The van der Waals surface area contributed by atoms with Crippen LogP contribution in [0.2, 0.25) is 0 Å². The summed E-state index contributed by atoms with van der Waals surface area (Å²) in [6.45, 7) is 4.24. The molecule has 6 heteroatoms. The number of methoxy groups -OCH3 is 1. The second-order valence-corrected chi connectivity index (χ2v) is 5.19. The van der Waals surface area contributed by atoms with Crippen LogP contribution < -0.4 is 5.32 Å². The van der Waals surface area contributed by atoms with E-state index < -0.39 is 5.97 Å². The van der Waals surface area contributed by atoms with Gasteiger partial charge in [0, 0.05) is 12.6 Å². The van der Waals surface area contributed by atoms with Crippen molar-refractivity contribution in [2.24, 2.45) is 0 Å². The van der Waals surface area contributed by atoms with Gasteiger partial charge >= 0.3 is 5.97 Å². The minimum atomic E-state index is -0.453. The van der Waals surface area contributed by atoms with Crippen molar-refractivity contribution in [3.05, 3.63) is 59.4 Å². The Morgan fingerprint density at radius 1 is 1.33 bits per heavy atom. The molecule has 0 aliphatic rings. The van der Waals surface area contributed by atoms with E-state index in [-0.39, 0.29) is 12.5 Å². The van der Waals surface area contributed by atoms with Crippen LogP contribution in [0.25, 0.3) is 5.69 Å². The third-order valence-electron chi connectivity index (χ3n) is 3.63. The standard InChI is InChI=1S/C18H21N3O3/c1-4-15-14(18(23)19-11-7-10-17(22)24-3)12-20-21(15)16-9-6-5-8-13(16)2/h5-10,12H,4,11H2,1-3H3,(H,19,23)/b10-7+. The Kier molecular flexibility index (Phi) is 5.89. The van der Waals surface area contributed by atoms with Crippen LogP contribution in [0.5, 0.6) is 0 Å². The molecule has 1 N–H and O–H groups in total. The number of carbonyl (C=O) groups excluding carboxylic acids is 2. The summed E-state index contributed by atoms with van der Waals surface area (Å²) in [5.74, 6) is -0.674. The molecule has 1 amide bonds. The number of ether oxygens (including phenoxy) is 1. The molecule has 2 aromatic rings. The molecule has 0 aliphatic carbocycles. The summed E-state index contributed by atoms with van der Waals surface area (Å²) >= 11 is 0. The van der Waals surface area contributed by atoms with Gasteiger partial charge in [-0.3, -0.25) is 4.79 Å². The molecule has 0 unspecified atom stereocenters. The van der Waals surface area contributed by atoms with Crippen molar-refractivity contribution >= 4 is 11.9 Å². The predicted molar refractivity (Wildman–Crippen MR) is 91.2 cm³/mol. The molecule has 0 saturated carbocycles. The van der Waals surface area contributed by atoms with E-state index in [1.54, 1.807) is 17.0 Å². The van der Waals surface area contributed by atoms with Crippen molar-refractivity contribution in [1.29, 1.82) is 0 Å². The minimum Gasteiger partial charge on any atom is -0.466 e. The highest BCUT2D eigenvalue weighted by Gasteiger charge is 2.17. The largest absolute Gasteiger partial charge is 0.466 e. The summed E-state index contributed by atoms with van der Waals surface area (Å²) in [5, 5.41) is 7.12. The van der Waals surface area contributed by atoms with Crippen LogP contribution >= 0.6 is 0 Å². The second kappa shape index (κ2) is 8.10. The fourth-order valence-corrected chi connectivity index (χ4v) is 2.38. The fourth-order valence-electron chi connectivity index (χ4n) is 2.38. The molecule has 0 spiro atoms. The first-order chi connectivity index (χ1) is 11.6. The second-order valence-electron chi connectivity index (χ2n) is 5.19. The fraction of sp³-hybridized carbons (Fsp3) is 0.278. The molecule has 6 nitrogen and oxygen atoms in total. The number of carbonyl (C=O) groups is 2. The number of hydrogen-bond acceptors (Lipinski definition) is 4. The molecule has 0 aliphatic heterocycles. The lowest BCUT2D eigenvalue weighted by Crippen LogP contribution is -2.24. The Bertz CT molecular complexity index is 763. The van der Waals surface area contributed by atoms with Crippen LogP contribution in [-0.2, 0) is 16.0 Å². The van der Waals surface area contributed by atoms with E-state index >= 15 is 0 Å². The normalized spacial score (nSPS) is 10.8. The first kappa shape index (κ1) is 17.5. The van der Waals surface area contributed by atoms with Gasteiger partial charge in [0.2, 0.25) is 0 Å². The first-order valence-electron chi connectivity index (χ1n) is 7.74. The molecule has 0 saturated heterocycles. The van der Waals surface area contributed by atoms with Gasteiger partial charge in [-0.05, 0) is 25.0 Å². The minimum absolute atomic E-state index is 0.221. The summed E-state index contributed by atoms with van der Waals surface area (Å²) in [6, 6.07) is 7.89. The number of hydrogen-bond donors (Lipinski definition) is 1. The van der Waals surface area contributed by atoms with Crippen molar-refractivity contribution in [1.82, 2.24) is 15.1 Å². The lowest BCUT2D eigenvalue weighted by Gasteiger charge is -2.10. The maximum atomic E-state index is 12.4. The topological polar surface area (TPSA) is 73.2 Å². The van der Waals surface area contributed by atoms with Gasteiger partial charge < -0.3 is 10.1 Å². The Hall–Kier alpha value is -2.89. The van der Waals surface area contributed by atoms with Crippen molar-refractivity contribution in [3.63, 3.8) is 0 Å². The number of nitrogens with zero attached hydrogens (tertiary/aromatic N) is 2. The van der Waals surface area contributed by atoms with Gasteiger partial charge in [0.1, 0.15) is 0 Å². The zero-order valence-electron chi connectivity index (χ0n) is 14.1. The molecule has 1 aromatic carbocycles. The summed E-state index contributed by atoms with van der Waals surface area (Å²) < 4.78 is 6.29. The van der Waals surface area contributed by atoms with Gasteiger partial charge in [0.15, 0.2) is 0 Å². The Labute approximate surface area is 141 Å². The number of esters is 1. The number of aromatic nitrogens is 2. The average molecular weight is 327 g/mol. The quantitative estimate of drug-likeness (QED) is 0.652. The Morgan fingerprint density at radius 2 is 2.08 bits per heavy atom. The third kappa shape index (κ3) is 3.90. The molecular weight excluding hydrogens is 306 g/mol. The van der Waals surface area contributed by atoms with Crippen LogP contribution in [0.3, 0.4) is 0 Å². The van der Waals surface area contributed by atoms with Gasteiger partial charge in [-0.15, -0.1) is 0 Å². The van der Waals surface area contributed by atoms with E-state index in [4.69, 9.17) is 0 Å².